The Kier molecular flexibility index (Phi) is 3.23. The number of nitrogens with two attached hydrogens (primary N) is 1. The van der Waals surface area contributed by atoms with Gasteiger partial charge in [-0.1, -0.05) is 36.4 Å². The lowest BCUT2D eigenvalue weighted by Crippen LogP contribution is -2.25. The molecular formula is C15H16N2O2S. The van der Waals surface area contributed by atoms with E-state index in [9.17, 15) is 8.42 Å². The monoisotopic (exact) mass is 288 g/mol. The van der Waals surface area contributed by atoms with Crippen molar-refractivity contribution in [2.75, 3.05) is 11.9 Å². The molecule has 0 bridgehead atoms. The summed E-state index contributed by atoms with van der Waals surface area (Å²) in [5, 5.41) is 8.42. The Bertz CT molecular complexity index is 741. The highest BCUT2D eigenvalue weighted by Gasteiger charge is 2.25. The Morgan fingerprint density at radius 3 is 2.55 bits per heavy atom. The average molecular weight is 288 g/mol. The predicted octanol–water partition coefficient (Wildman–Crippen LogP) is 2.09. The third-order valence-corrected chi connectivity index (χ3v) is 4.66. The summed E-state index contributed by atoms with van der Waals surface area (Å²) in [4.78, 5) is 0.146. The van der Waals surface area contributed by atoms with Crippen molar-refractivity contribution in [2.24, 2.45) is 5.14 Å². The molecule has 3 rings (SSSR count). The van der Waals surface area contributed by atoms with Crippen LogP contribution >= 0.6 is 0 Å². The summed E-state index contributed by atoms with van der Waals surface area (Å²) < 4.78 is 23.0. The fraction of sp³-hybridized carbons (Fsp3) is 0.200. The van der Waals surface area contributed by atoms with E-state index in [1.165, 1.54) is 17.2 Å². The van der Waals surface area contributed by atoms with Gasteiger partial charge in [-0.15, -0.1) is 0 Å². The van der Waals surface area contributed by atoms with Gasteiger partial charge in [0, 0.05) is 12.5 Å². The predicted molar refractivity (Wildman–Crippen MR) is 79.2 cm³/mol. The lowest BCUT2D eigenvalue weighted by atomic mass is 9.77. The van der Waals surface area contributed by atoms with E-state index in [0.717, 1.165) is 6.42 Å². The van der Waals surface area contributed by atoms with E-state index in [0.29, 0.717) is 18.2 Å². The fourth-order valence-electron chi connectivity index (χ4n) is 2.64. The van der Waals surface area contributed by atoms with Gasteiger partial charge in [0.1, 0.15) is 4.90 Å². The van der Waals surface area contributed by atoms with Crippen molar-refractivity contribution in [3.8, 4) is 0 Å². The van der Waals surface area contributed by atoms with Crippen LogP contribution in [0.3, 0.4) is 0 Å². The number of fused-ring (bicyclic) bond motifs is 1. The van der Waals surface area contributed by atoms with Gasteiger partial charge in [0.05, 0.1) is 5.69 Å². The summed E-state index contributed by atoms with van der Waals surface area (Å²) >= 11 is 0. The van der Waals surface area contributed by atoms with Crippen molar-refractivity contribution in [1.82, 2.24) is 0 Å². The number of anilines is 1. The van der Waals surface area contributed by atoms with Gasteiger partial charge in [0.25, 0.3) is 0 Å². The third-order valence-electron chi connectivity index (χ3n) is 3.69. The maximum absolute atomic E-state index is 11.5. The van der Waals surface area contributed by atoms with Gasteiger partial charge >= 0.3 is 0 Å². The number of primary sulfonamides is 1. The smallest absolute Gasteiger partial charge is 0.240 e. The van der Waals surface area contributed by atoms with Gasteiger partial charge in [-0.05, 0) is 29.7 Å². The maximum atomic E-state index is 11.5. The van der Waals surface area contributed by atoms with Crippen LogP contribution in [0.4, 0.5) is 5.69 Å². The second-order valence-corrected chi connectivity index (χ2v) is 6.55. The van der Waals surface area contributed by atoms with Gasteiger partial charge in [0.15, 0.2) is 0 Å². The van der Waals surface area contributed by atoms with Crippen LogP contribution in [-0.4, -0.2) is 15.0 Å². The van der Waals surface area contributed by atoms with Gasteiger partial charge in [-0.25, -0.2) is 13.6 Å². The zero-order valence-electron chi connectivity index (χ0n) is 10.9. The van der Waals surface area contributed by atoms with Crippen LogP contribution in [0.25, 0.3) is 0 Å². The number of hydrogen-bond acceptors (Lipinski definition) is 3. The largest absolute Gasteiger partial charge is 0.383 e. The van der Waals surface area contributed by atoms with Crippen LogP contribution in [0, 0.1) is 0 Å². The molecule has 0 heterocycles. The van der Waals surface area contributed by atoms with Crippen LogP contribution in [0.5, 0.6) is 0 Å². The first-order valence-corrected chi connectivity index (χ1v) is 8.04. The normalized spacial score (nSPS) is 17.1. The Morgan fingerprint density at radius 2 is 1.80 bits per heavy atom. The number of rotatable bonds is 4. The second kappa shape index (κ2) is 4.92. The zero-order chi connectivity index (χ0) is 14.2. The molecule has 1 unspecified atom stereocenters. The molecule has 104 valence electrons. The molecule has 0 aromatic heterocycles. The van der Waals surface area contributed by atoms with Crippen LogP contribution in [0.1, 0.15) is 17.0 Å². The van der Waals surface area contributed by atoms with Gasteiger partial charge < -0.3 is 5.32 Å². The maximum Gasteiger partial charge on any atom is 0.240 e. The highest BCUT2D eigenvalue weighted by Crippen LogP contribution is 2.35. The van der Waals surface area contributed by atoms with Crippen molar-refractivity contribution in [3.63, 3.8) is 0 Å². The first-order chi connectivity index (χ1) is 9.55. The summed E-state index contributed by atoms with van der Waals surface area (Å²) in [5.41, 5.74) is 3.28. The Hall–Kier alpha value is -1.85. The number of para-hydroxylation sites is 1. The molecular weight excluding hydrogens is 272 g/mol. The SMILES string of the molecule is NS(=O)(=O)c1ccccc1NCC1Cc2ccccc21. The molecule has 1 aliphatic rings. The highest BCUT2D eigenvalue weighted by molar-refractivity contribution is 7.89. The van der Waals surface area contributed by atoms with Crippen LogP contribution < -0.4 is 10.5 Å². The van der Waals surface area contributed by atoms with Crippen molar-refractivity contribution >= 4 is 15.7 Å². The van der Waals surface area contributed by atoms with Crippen molar-refractivity contribution in [2.45, 2.75) is 17.2 Å². The van der Waals surface area contributed by atoms with E-state index in [1.54, 1.807) is 18.2 Å². The van der Waals surface area contributed by atoms with Gasteiger partial charge in [0.2, 0.25) is 10.0 Å². The molecule has 20 heavy (non-hydrogen) atoms. The van der Waals surface area contributed by atoms with Gasteiger partial charge in [-0.3, -0.25) is 0 Å². The lowest BCUT2D eigenvalue weighted by Gasteiger charge is -2.30. The average Bonchev–Trinajstić information content (AvgIpc) is 2.39. The molecule has 0 fully saturated rings. The molecule has 4 nitrogen and oxygen atoms in total. The molecule has 1 aliphatic carbocycles. The van der Waals surface area contributed by atoms with E-state index < -0.39 is 10.0 Å². The molecule has 5 heteroatoms. The molecule has 2 aromatic rings. The van der Waals surface area contributed by atoms with E-state index in [4.69, 9.17) is 5.14 Å². The van der Waals surface area contributed by atoms with Gasteiger partial charge in [-0.2, -0.15) is 0 Å². The first kappa shape index (κ1) is 13.1. The summed E-state index contributed by atoms with van der Waals surface area (Å²) in [7, 11) is -3.69. The number of nitrogens with one attached hydrogen (secondary N) is 1. The quantitative estimate of drug-likeness (QED) is 0.905. The summed E-state index contributed by atoms with van der Waals surface area (Å²) in [6.45, 7) is 0.712. The first-order valence-electron chi connectivity index (χ1n) is 6.49. The van der Waals surface area contributed by atoms with E-state index in [1.807, 2.05) is 12.1 Å². The molecule has 3 N–H and O–H groups in total. The highest BCUT2D eigenvalue weighted by atomic mass is 32.2. The summed E-state index contributed by atoms with van der Waals surface area (Å²) in [6, 6.07) is 15.1. The number of benzene rings is 2. The molecule has 0 saturated carbocycles. The minimum absolute atomic E-state index is 0.146. The molecule has 0 aliphatic heterocycles. The van der Waals surface area contributed by atoms with Crippen LogP contribution in [0.15, 0.2) is 53.4 Å². The molecule has 0 spiro atoms. The fourth-order valence-corrected chi connectivity index (χ4v) is 3.35. The zero-order valence-corrected chi connectivity index (χ0v) is 11.7. The van der Waals surface area contributed by atoms with E-state index >= 15 is 0 Å². The van der Waals surface area contributed by atoms with Crippen LogP contribution in [0.2, 0.25) is 0 Å². The van der Waals surface area contributed by atoms with Crippen LogP contribution in [-0.2, 0) is 16.4 Å². The number of hydrogen-bond donors (Lipinski definition) is 2. The Morgan fingerprint density at radius 1 is 1.10 bits per heavy atom. The standard InChI is InChI=1S/C15H16N2O2S/c16-20(18,19)15-8-4-3-7-14(15)17-10-12-9-11-5-1-2-6-13(11)12/h1-8,12,17H,9-10H2,(H2,16,18,19). The number of sulfonamides is 1. The molecule has 0 amide bonds. The minimum Gasteiger partial charge on any atom is -0.383 e. The Labute approximate surface area is 118 Å². The molecule has 0 saturated heterocycles. The summed E-state index contributed by atoms with van der Waals surface area (Å²) in [5.74, 6) is 0.430. The van der Waals surface area contributed by atoms with Crippen molar-refractivity contribution in [1.29, 1.82) is 0 Å². The van der Waals surface area contributed by atoms with Crippen molar-refractivity contribution < 1.29 is 8.42 Å². The van der Waals surface area contributed by atoms with E-state index in [2.05, 4.69) is 17.4 Å². The topological polar surface area (TPSA) is 72.2 Å². The van der Waals surface area contributed by atoms with E-state index in [-0.39, 0.29) is 4.90 Å². The summed E-state index contributed by atoms with van der Waals surface area (Å²) in [6.07, 6.45) is 1.03. The third kappa shape index (κ3) is 2.42. The molecule has 2 aromatic carbocycles. The second-order valence-electron chi connectivity index (χ2n) is 5.02. The molecule has 0 radical (unpaired) electrons. The minimum atomic E-state index is -3.69. The molecule has 1 atom stereocenters. The van der Waals surface area contributed by atoms with Crippen molar-refractivity contribution in [3.05, 3.63) is 59.7 Å². The lowest BCUT2D eigenvalue weighted by molar-refractivity contribution is 0.597. The Balaban J connectivity index is 1.75.